The molecule has 0 aliphatic carbocycles. The summed E-state index contributed by atoms with van der Waals surface area (Å²) in [5.41, 5.74) is 2.27. The van der Waals surface area contributed by atoms with Gasteiger partial charge < -0.3 is 19.5 Å². The van der Waals surface area contributed by atoms with E-state index < -0.39 is 12.1 Å². The van der Waals surface area contributed by atoms with Crippen molar-refractivity contribution >= 4 is 11.9 Å². The maximum absolute atomic E-state index is 13.3. The monoisotopic (exact) mass is 612 g/mol. The second-order valence-corrected chi connectivity index (χ2v) is 11.8. The van der Waals surface area contributed by atoms with Gasteiger partial charge in [0.15, 0.2) is 0 Å². The normalized spacial score (nSPS) is 16.4. The second-order valence-electron chi connectivity index (χ2n) is 11.8. The topological polar surface area (TPSA) is 79.3 Å². The van der Waals surface area contributed by atoms with Crippen LogP contribution in [0.2, 0.25) is 0 Å². The van der Waals surface area contributed by atoms with Gasteiger partial charge in [0, 0.05) is 37.3 Å². The van der Waals surface area contributed by atoms with E-state index in [4.69, 9.17) is 19.4 Å². The summed E-state index contributed by atoms with van der Waals surface area (Å²) in [5.74, 6) is 0.319. The highest BCUT2D eigenvalue weighted by molar-refractivity contribution is 5.94. The molecule has 7 nitrogen and oxygen atoms in total. The zero-order chi connectivity index (χ0) is 31.7. The van der Waals surface area contributed by atoms with Crippen molar-refractivity contribution in [3.8, 4) is 17.2 Å². The molecular formula is C34H39F3N2O5. The molecule has 2 fully saturated rings. The molecule has 3 aromatic carbocycles. The van der Waals surface area contributed by atoms with Crippen LogP contribution in [0.5, 0.6) is 17.2 Å². The number of rotatable bonds is 8. The molecule has 2 heterocycles. The minimum Gasteiger partial charge on any atom is -0.493 e. The van der Waals surface area contributed by atoms with Gasteiger partial charge in [-0.05, 0) is 73.5 Å². The number of benzene rings is 3. The van der Waals surface area contributed by atoms with Gasteiger partial charge in [-0.2, -0.15) is 13.2 Å². The van der Waals surface area contributed by atoms with Crippen LogP contribution in [0.3, 0.4) is 0 Å². The average Bonchev–Trinajstić information content (AvgIpc) is 3.38. The number of nitrogens with zero attached hydrogens (tertiary/aromatic N) is 2. The first-order valence-corrected chi connectivity index (χ1v) is 14.8. The van der Waals surface area contributed by atoms with Crippen molar-refractivity contribution in [3.63, 3.8) is 0 Å². The lowest BCUT2D eigenvalue weighted by atomic mass is 9.77. The van der Waals surface area contributed by atoms with E-state index in [1.165, 1.54) is 12.0 Å². The number of ether oxygens (including phenoxy) is 2. The molecular weight excluding hydrogens is 573 g/mol. The summed E-state index contributed by atoms with van der Waals surface area (Å²) in [6, 6.07) is 25.7. The number of piperidine rings is 1. The zero-order valence-corrected chi connectivity index (χ0v) is 25.1. The fraction of sp³-hybridized carbons (Fsp3) is 0.412. The Kier molecular flexibility index (Phi) is 10.9. The van der Waals surface area contributed by atoms with E-state index in [9.17, 15) is 18.0 Å². The number of aliphatic carboxylic acids is 1. The lowest BCUT2D eigenvalue weighted by molar-refractivity contribution is -0.192. The number of likely N-dealkylation sites (tertiary alicyclic amines) is 2. The number of hydrogen-bond donors (Lipinski definition) is 1. The van der Waals surface area contributed by atoms with Crippen LogP contribution < -0.4 is 9.47 Å². The van der Waals surface area contributed by atoms with Crippen molar-refractivity contribution < 1.29 is 37.3 Å². The molecule has 236 valence electrons. The van der Waals surface area contributed by atoms with Gasteiger partial charge in [-0.1, -0.05) is 56.3 Å². The van der Waals surface area contributed by atoms with E-state index in [2.05, 4.69) is 43.0 Å². The van der Waals surface area contributed by atoms with Crippen LogP contribution in [0, 0.1) is 11.3 Å². The Morgan fingerprint density at radius 1 is 0.886 bits per heavy atom. The van der Waals surface area contributed by atoms with Gasteiger partial charge in [-0.3, -0.25) is 9.69 Å². The minimum absolute atomic E-state index is 0.0967. The second kappa shape index (κ2) is 14.6. The molecule has 0 saturated carbocycles. The maximum Gasteiger partial charge on any atom is 0.490 e. The van der Waals surface area contributed by atoms with Crippen LogP contribution in [0.25, 0.3) is 0 Å². The standard InChI is InChI=1S/C32H38N2O3.C2HF3O2/c1-25(2)23-36-30-14-7-6-9-27(30)22-33-18-15-32(24-33)16-19-34(20-17-32)31(35)26-10-8-13-29(21-26)37-28-11-4-3-5-12-28;3-2(4,5)1(6)7/h3-14,21,25H,15-20,22-24H2,1-2H3;(H,6,7). The van der Waals surface area contributed by atoms with Crippen LogP contribution in [0.4, 0.5) is 13.2 Å². The molecule has 2 aliphatic rings. The van der Waals surface area contributed by atoms with E-state index in [-0.39, 0.29) is 5.91 Å². The van der Waals surface area contributed by atoms with Crippen molar-refractivity contribution in [1.82, 2.24) is 9.80 Å². The van der Waals surface area contributed by atoms with Crippen molar-refractivity contribution in [2.75, 3.05) is 32.8 Å². The average molecular weight is 613 g/mol. The van der Waals surface area contributed by atoms with Gasteiger partial charge in [0.2, 0.25) is 0 Å². The van der Waals surface area contributed by atoms with Crippen molar-refractivity contribution in [1.29, 1.82) is 0 Å². The van der Waals surface area contributed by atoms with Crippen molar-refractivity contribution in [2.24, 2.45) is 11.3 Å². The lowest BCUT2D eigenvalue weighted by Crippen LogP contribution is -2.44. The Hall–Kier alpha value is -4.05. The molecule has 0 radical (unpaired) electrons. The summed E-state index contributed by atoms with van der Waals surface area (Å²) >= 11 is 0. The molecule has 1 amide bonds. The summed E-state index contributed by atoms with van der Waals surface area (Å²) in [6.45, 7) is 9.84. The molecule has 0 bridgehead atoms. The van der Waals surface area contributed by atoms with Crippen LogP contribution in [0.1, 0.15) is 49.0 Å². The Balaban J connectivity index is 0.000000566. The molecule has 1 spiro atoms. The summed E-state index contributed by atoms with van der Waals surface area (Å²) in [4.78, 5) is 26.8. The van der Waals surface area contributed by atoms with Gasteiger partial charge >= 0.3 is 12.1 Å². The largest absolute Gasteiger partial charge is 0.493 e. The molecule has 1 N–H and O–H groups in total. The number of carbonyl (C=O) groups excluding carboxylic acids is 1. The molecule has 5 rings (SSSR count). The molecule has 0 unspecified atom stereocenters. The fourth-order valence-corrected chi connectivity index (χ4v) is 5.53. The Morgan fingerprint density at radius 3 is 2.16 bits per heavy atom. The van der Waals surface area contributed by atoms with Crippen molar-refractivity contribution in [3.05, 3.63) is 90.0 Å². The minimum atomic E-state index is -5.08. The Morgan fingerprint density at radius 2 is 1.50 bits per heavy atom. The van der Waals surface area contributed by atoms with Gasteiger partial charge in [0.1, 0.15) is 17.2 Å². The summed E-state index contributed by atoms with van der Waals surface area (Å²) < 4.78 is 43.8. The van der Waals surface area contributed by atoms with Gasteiger partial charge in [0.05, 0.1) is 6.61 Å². The molecule has 0 atom stereocenters. The SMILES string of the molecule is CC(C)COc1ccccc1CN1CCC2(CCN(C(=O)c3cccc(Oc4ccccc4)c3)CC2)C1.O=C(O)C(F)(F)F. The first-order chi connectivity index (χ1) is 20.9. The fourth-order valence-electron chi connectivity index (χ4n) is 5.53. The zero-order valence-electron chi connectivity index (χ0n) is 25.1. The van der Waals surface area contributed by atoms with Crippen LogP contribution in [-0.2, 0) is 11.3 Å². The molecule has 0 aromatic heterocycles. The Bertz CT molecular complexity index is 1390. The van der Waals surface area contributed by atoms with Crippen molar-refractivity contribution in [2.45, 2.75) is 45.8 Å². The third-order valence-electron chi connectivity index (χ3n) is 7.87. The first-order valence-electron chi connectivity index (χ1n) is 14.8. The maximum atomic E-state index is 13.3. The van der Waals surface area contributed by atoms with E-state index in [1.807, 2.05) is 59.5 Å². The third kappa shape index (κ3) is 9.22. The predicted octanol–water partition coefficient (Wildman–Crippen LogP) is 7.28. The highest BCUT2D eigenvalue weighted by atomic mass is 19.4. The number of amides is 1. The summed E-state index contributed by atoms with van der Waals surface area (Å²) in [5, 5.41) is 7.12. The summed E-state index contributed by atoms with van der Waals surface area (Å²) in [6.07, 6.45) is -1.77. The van der Waals surface area contributed by atoms with E-state index in [1.54, 1.807) is 0 Å². The highest BCUT2D eigenvalue weighted by Crippen LogP contribution is 2.41. The van der Waals surface area contributed by atoms with Gasteiger partial charge in [-0.25, -0.2) is 4.79 Å². The highest BCUT2D eigenvalue weighted by Gasteiger charge is 2.41. The number of para-hydroxylation sites is 2. The number of hydrogen-bond acceptors (Lipinski definition) is 5. The van der Waals surface area contributed by atoms with E-state index >= 15 is 0 Å². The van der Waals surface area contributed by atoms with Crippen LogP contribution in [-0.4, -0.2) is 65.7 Å². The molecule has 44 heavy (non-hydrogen) atoms. The smallest absolute Gasteiger partial charge is 0.490 e. The Labute approximate surface area is 256 Å². The van der Waals surface area contributed by atoms with E-state index in [0.717, 1.165) is 63.7 Å². The number of carboxylic acids is 1. The number of alkyl halides is 3. The predicted molar refractivity (Wildman–Crippen MR) is 161 cm³/mol. The van der Waals surface area contributed by atoms with Crippen LogP contribution in [0.15, 0.2) is 78.9 Å². The van der Waals surface area contributed by atoms with Gasteiger partial charge in [-0.15, -0.1) is 0 Å². The quantitative estimate of drug-likeness (QED) is 0.288. The molecule has 3 aromatic rings. The first kappa shape index (κ1) is 32.9. The third-order valence-corrected chi connectivity index (χ3v) is 7.87. The number of halogens is 3. The van der Waals surface area contributed by atoms with Crippen LogP contribution >= 0.6 is 0 Å². The molecule has 2 aliphatic heterocycles. The summed E-state index contributed by atoms with van der Waals surface area (Å²) in [7, 11) is 0. The number of carbonyl (C=O) groups is 2. The van der Waals surface area contributed by atoms with E-state index in [0.29, 0.717) is 22.6 Å². The molecule has 10 heteroatoms. The lowest BCUT2D eigenvalue weighted by Gasteiger charge is -2.39. The molecule has 2 saturated heterocycles. The van der Waals surface area contributed by atoms with Gasteiger partial charge in [0.25, 0.3) is 5.91 Å². The number of carboxylic acid groups (broad SMARTS) is 1.